The Kier molecular flexibility index (Phi) is 8.53. The van der Waals surface area contributed by atoms with Gasteiger partial charge in [0.05, 0.1) is 33.4 Å². The SMILES string of the molecule is c1ccc(-n2c3ccccc3c3ccccc32)c(-c2ccc(N(c3ccc(-c4ccccc4-n4c5ccccc5c5ccccc54)cc3)c3ccc4c(ccc5ccccc54)c3)cc2)c1. The van der Waals surface area contributed by atoms with Gasteiger partial charge >= 0.3 is 0 Å². The Morgan fingerprint density at radius 1 is 0.246 bits per heavy atom. The van der Waals surface area contributed by atoms with E-state index in [1.165, 1.54) is 76.3 Å². The second-order valence-electron chi connectivity index (χ2n) is 16.9. The molecule has 0 aliphatic heterocycles. The van der Waals surface area contributed by atoms with Crippen LogP contribution in [-0.2, 0) is 0 Å². The van der Waals surface area contributed by atoms with E-state index in [2.05, 4.69) is 263 Å². The number of rotatable bonds is 7. The second kappa shape index (κ2) is 15.0. The number of aromatic nitrogens is 2. The van der Waals surface area contributed by atoms with Crippen molar-refractivity contribution < 1.29 is 0 Å². The summed E-state index contributed by atoms with van der Waals surface area (Å²) in [5.41, 5.74) is 15.1. The minimum atomic E-state index is 1.08. The van der Waals surface area contributed by atoms with Crippen LogP contribution >= 0.6 is 0 Å². The highest BCUT2D eigenvalue weighted by atomic mass is 15.1. The molecule has 304 valence electrons. The first-order valence-corrected chi connectivity index (χ1v) is 22.3. The summed E-state index contributed by atoms with van der Waals surface area (Å²) in [7, 11) is 0. The molecule has 0 saturated heterocycles. The van der Waals surface area contributed by atoms with E-state index >= 15 is 0 Å². The van der Waals surface area contributed by atoms with Gasteiger partial charge in [-0.2, -0.15) is 0 Å². The van der Waals surface area contributed by atoms with Crippen molar-refractivity contribution in [1.82, 2.24) is 9.13 Å². The number of benzene rings is 11. The number of hydrogen-bond donors (Lipinski definition) is 0. The smallest absolute Gasteiger partial charge is 0.0541 e. The molecule has 13 rings (SSSR count). The average Bonchev–Trinajstić information content (AvgIpc) is 3.90. The molecule has 0 saturated carbocycles. The van der Waals surface area contributed by atoms with Gasteiger partial charge in [-0.1, -0.05) is 176 Å². The highest BCUT2D eigenvalue weighted by Crippen LogP contribution is 2.42. The first-order valence-electron chi connectivity index (χ1n) is 22.3. The lowest BCUT2D eigenvalue weighted by Crippen LogP contribution is -2.10. The van der Waals surface area contributed by atoms with E-state index in [1.807, 2.05) is 0 Å². The van der Waals surface area contributed by atoms with Crippen LogP contribution in [0.5, 0.6) is 0 Å². The first-order chi connectivity index (χ1) is 32.3. The van der Waals surface area contributed by atoms with Crippen LogP contribution in [0.4, 0.5) is 17.1 Å². The summed E-state index contributed by atoms with van der Waals surface area (Å²) in [6.07, 6.45) is 0. The Hall–Kier alpha value is -8.66. The molecular weight excluding hydrogens is 787 g/mol. The lowest BCUT2D eigenvalue weighted by molar-refractivity contribution is 1.18. The van der Waals surface area contributed by atoms with Gasteiger partial charge in [-0.15, -0.1) is 0 Å². The van der Waals surface area contributed by atoms with Crippen LogP contribution in [0.25, 0.3) is 98.8 Å². The van der Waals surface area contributed by atoms with Crippen LogP contribution in [0.3, 0.4) is 0 Å². The number of anilines is 3. The molecule has 2 aromatic heterocycles. The minimum Gasteiger partial charge on any atom is -0.310 e. The molecule has 0 bridgehead atoms. The Labute approximate surface area is 376 Å². The van der Waals surface area contributed by atoms with Gasteiger partial charge in [0, 0.05) is 49.7 Å². The molecule has 0 aliphatic carbocycles. The maximum Gasteiger partial charge on any atom is 0.0541 e. The number of para-hydroxylation sites is 6. The first kappa shape index (κ1) is 36.9. The largest absolute Gasteiger partial charge is 0.310 e. The van der Waals surface area contributed by atoms with Crippen LogP contribution in [0.2, 0.25) is 0 Å². The van der Waals surface area contributed by atoms with E-state index in [0.717, 1.165) is 39.6 Å². The molecule has 2 heterocycles. The Bertz CT molecular complexity index is 3640. The molecule has 0 N–H and O–H groups in total. The zero-order valence-electron chi connectivity index (χ0n) is 35.5. The van der Waals surface area contributed by atoms with Crippen LogP contribution in [0, 0.1) is 0 Å². The summed E-state index contributed by atoms with van der Waals surface area (Å²) in [5.74, 6) is 0. The van der Waals surface area contributed by atoms with Crippen molar-refractivity contribution in [2.24, 2.45) is 0 Å². The maximum absolute atomic E-state index is 2.42. The predicted octanol–water partition coefficient (Wildman–Crippen LogP) is 17.0. The summed E-state index contributed by atoms with van der Waals surface area (Å²) in [6.45, 7) is 0. The fraction of sp³-hybridized carbons (Fsp3) is 0. The van der Waals surface area contributed by atoms with Crippen LogP contribution in [0.15, 0.2) is 249 Å². The van der Waals surface area contributed by atoms with E-state index < -0.39 is 0 Å². The summed E-state index contributed by atoms with van der Waals surface area (Å²) in [4.78, 5) is 2.39. The standard InChI is InChI=1S/C62H41N3/c1-2-16-49-42(15-1)29-30-45-41-48(39-40-50(45)49)63(46-35-31-43(32-36-46)51-17-3-9-23-57(51)64-59-25-11-5-19-53(59)54-20-6-12-26-60(54)64)47-37-33-44(34-38-47)52-18-4-10-24-58(52)65-61-27-13-7-21-55(61)56-22-8-14-28-62(56)65/h1-41H. The minimum absolute atomic E-state index is 1.08. The van der Waals surface area contributed by atoms with Gasteiger partial charge < -0.3 is 14.0 Å². The van der Waals surface area contributed by atoms with E-state index in [1.54, 1.807) is 0 Å². The summed E-state index contributed by atoms with van der Waals surface area (Å²) in [6, 6.07) is 90.7. The molecule has 3 nitrogen and oxygen atoms in total. The summed E-state index contributed by atoms with van der Waals surface area (Å²) >= 11 is 0. The number of fused-ring (bicyclic) bond motifs is 9. The predicted molar refractivity (Wildman–Crippen MR) is 276 cm³/mol. The molecule has 0 spiro atoms. The lowest BCUT2D eigenvalue weighted by atomic mass is 10.00. The summed E-state index contributed by atoms with van der Waals surface area (Å²) in [5, 5.41) is 10.0. The van der Waals surface area contributed by atoms with E-state index in [0.29, 0.717) is 0 Å². The highest BCUT2D eigenvalue weighted by Gasteiger charge is 2.19. The molecular formula is C62H41N3. The summed E-state index contributed by atoms with van der Waals surface area (Å²) < 4.78 is 4.83. The molecule has 0 aliphatic rings. The van der Waals surface area contributed by atoms with Crippen molar-refractivity contribution in [3.8, 4) is 33.6 Å². The van der Waals surface area contributed by atoms with Crippen LogP contribution in [-0.4, -0.2) is 9.13 Å². The maximum atomic E-state index is 2.42. The van der Waals surface area contributed by atoms with Gasteiger partial charge in [0.1, 0.15) is 0 Å². The quantitative estimate of drug-likeness (QED) is 0.146. The van der Waals surface area contributed by atoms with Crippen LogP contribution in [0.1, 0.15) is 0 Å². The van der Waals surface area contributed by atoms with Gasteiger partial charge in [-0.25, -0.2) is 0 Å². The fourth-order valence-corrected chi connectivity index (χ4v) is 10.4. The molecule has 0 fully saturated rings. The van der Waals surface area contributed by atoms with Crippen molar-refractivity contribution in [1.29, 1.82) is 0 Å². The molecule has 65 heavy (non-hydrogen) atoms. The van der Waals surface area contributed by atoms with Crippen molar-refractivity contribution in [3.63, 3.8) is 0 Å². The molecule has 11 aromatic carbocycles. The molecule has 0 atom stereocenters. The van der Waals surface area contributed by atoms with Gasteiger partial charge in [0.25, 0.3) is 0 Å². The third kappa shape index (κ3) is 5.97. The Morgan fingerprint density at radius 3 is 1.08 bits per heavy atom. The average molecular weight is 828 g/mol. The monoisotopic (exact) mass is 827 g/mol. The lowest BCUT2D eigenvalue weighted by Gasteiger charge is -2.26. The Morgan fingerprint density at radius 2 is 0.600 bits per heavy atom. The van der Waals surface area contributed by atoms with E-state index in [9.17, 15) is 0 Å². The van der Waals surface area contributed by atoms with Gasteiger partial charge in [0.15, 0.2) is 0 Å². The molecule has 3 heteroatoms. The second-order valence-corrected chi connectivity index (χ2v) is 16.9. The molecule has 13 aromatic rings. The number of hydrogen-bond acceptors (Lipinski definition) is 1. The van der Waals surface area contributed by atoms with Crippen LogP contribution < -0.4 is 4.90 Å². The molecule has 0 radical (unpaired) electrons. The zero-order chi connectivity index (χ0) is 42.8. The molecule has 0 amide bonds. The van der Waals surface area contributed by atoms with Crippen molar-refractivity contribution in [2.75, 3.05) is 4.90 Å². The normalized spacial score (nSPS) is 11.7. The zero-order valence-corrected chi connectivity index (χ0v) is 35.5. The third-order valence-electron chi connectivity index (χ3n) is 13.3. The Balaban J connectivity index is 0.936. The van der Waals surface area contributed by atoms with Gasteiger partial charge in [0.2, 0.25) is 0 Å². The van der Waals surface area contributed by atoms with Crippen molar-refractivity contribution >= 4 is 82.2 Å². The van der Waals surface area contributed by atoms with Gasteiger partial charge in [-0.3, -0.25) is 0 Å². The van der Waals surface area contributed by atoms with E-state index in [4.69, 9.17) is 0 Å². The van der Waals surface area contributed by atoms with Crippen molar-refractivity contribution in [2.45, 2.75) is 0 Å². The van der Waals surface area contributed by atoms with E-state index in [-0.39, 0.29) is 0 Å². The molecule has 0 unspecified atom stereocenters. The highest BCUT2D eigenvalue weighted by molar-refractivity contribution is 6.11. The number of nitrogens with zero attached hydrogens (tertiary/aromatic N) is 3. The topological polar surface area (TPSA) is 13.1 Å². The fourth-order valence-electron chi connectivity index (χ4n) is 10.4. The van der Waals surface area contributed by atoms with Crippen molar-refractivity contribution in [3.05, 3.63) is 249 Å². The third-order valence-corrected chi connectivity index (χ3v) is 13.3. The van der Waals surface area contributed by atoms with Gasteiger partial charge in [-0.05, 0) is 105 Å².